The van der Waals surface area contributed by atoms with Crippen LogP contribution >= 0.6 is 45.1 Å². The Labute approximate surface area is 180 Å². The van der Waals surface area contributed by atoms with E-state index >= 15 is 0 Å². The van der Waals surface area contributed by atoms with Crippen LogP contribution in [0.15, 0.2) is 0 Å². The Morgan fingerprint density at radius 2 is 1.21 bits per heavy atom. The summed E-state index contributed by atoms with van der Waals surface area (Å²) >= 11 is 2.88. The third-order valence-corrected chi connectivity index (χ3v) is 9.24. The lowest BCUT2D eigenvalue weighted by atomic mass is 10.1. The first kappa shape index (κ1) is 23.6. The fourth-order valence-corrected chi connectivity index (χ4v) is 7.74. The van der Waals surface area contributed by atoms with Crippen LogP contribution in [0.1, 0.15) is 13.8 Å². The summed E-state index contributed by atoms with van der Waals surface area (Å²) in [5.74, 6) is -0.191. The largest absolute Gasteiger partial charge is 0.480 e. The molecule has 0 spiro atoms. The molecule has 4 atom stereocenters. The van der Waals surface area contributed by atoms with Crippen molar-refractivity contribution >= 4 is 68.9 Å². The molecule has 0 radical (unpaired) electrons. The number of hydrogen-bond acceptors (Lipinski definition) is 8. The minimum atomic E-state index is -0.973. The number of aliphatic carboxylic acids is 2. The van der Waals surface area contributed by atoms with Gasteiger partial charge in [0.25, 0.3) is 0 Å². The molecule has 0 aliphatic carbocycles. The summed E-state index contributed by atoms with van der Waals surface area (Å²) in [7, 11) is 2.95. The third-order valence-electron chi connectivity index (χ3n) is 4.46. The van der Waals surface area contributed by atoms with E-state index in [2.05, 4.69) is 0 Å². The fourth-order valence-electron chi connectivity index (χ4n) is 2.74. The average molecular weight is 469 g/mol. The molecule has 0 unspecified atom stereocenters. The first-order valence-electron chi connectivity index (χ1n) is 8.70. The second-order valence-electron chi connectivity index (χ2n) is 6.70. The molecule has 158 valence electrons. The van der Waals surface area contributed by atoms with Crippen molar-refractivity contribution in [1.29, 1.82) is 0 Å². The van der Waals surface area contributed by atoms with Crippen LogP contribution in [0.4, 0.5) is 0 Å². The van der Waals surface area contributed by atoms with Gasteiger partial charge in [-0.3, -0.25) is 9.59 Å². The van der Waals surface area contributed by atoms with E-state index in [0.717, 1.165) is 0 Å². The predicted molar refractivity (Wildman–Crippen MR) is 114 cm³/mol. The predicted octanol–water partition coefficient (Wildman–Crippen LogP) is 1.61. The van der Waals surface area contributed by atoms with Crippen LogP contribution in [0.3, 0.4) is 0 Å². The summed E-state index contributed by atoms with van der Waals surface area (Å²) in [6.45, 7) is 3.57. The van der Waals surface area contributed by atoms with Crippen molar-refractivity contribution in [2.24, 2.45) is 11.8 Å². The molecule has 0 saturated carbocycles. The van der Waals surface area contributed by atoms with E-state index in [1.54, 1.807) is 13.8 Å². The van der Waals surface area contributed by atoms with Gasteiger partial charge < -0.3 is 20.0 Å². The van der Waals surface area contributed by atoms with Crippen LogP contribution in [0.25, 0.3) is 0 Å². The number of nitrogens with zero attached hydrogens (tertiary/aromatic N) is 2. The van der Waals surface area contributed by atoms with Gasteiger partial charge in [0.1, 0.15) is 12.1 Å². The molecule has 0 bridgehead atoms. The van der Waals surface area contributed by atoms with Gasteiger partial charge in [-0.1, -0.05) is 35.4 Å². The number of carbonyl (C=O) groups excluding carboxylic acids is 2. The number of carboxylic acid groups (broad SMARTS) is 2. The maximum Gasteiger partial charge on any atom is 0.327 e. The normalized spacial score (nSPS) is 24.2. The van der Waals surface area contributed by atoms with Gasteiger partial charge in [-0.15, -0.1) is 23.5 Å². The topological polar surface area (TPSA) is 115 Å². The van der Waals surface area contributed by atoms with Gasteiger partial charge in [-0.2, -0.15) is 0 Å². The zero-order chi connectivity index (χ0) is 20.8. The van der Waals surface area contributed by atoms with Crippen LogP contribution in [-0.4, -0.2) is 90.6 Å². The van der Waals surface area contributed by atoms with Gasteiger partial charge in [0.05, 0.1) is 11.8 Å². The number of amides is 2. The molecule has 0 aromatic carbocycles. The lowest BCUT2D eigenvalue weighted by molar-refractivity contribution is -0.149. The molecule has 0 aromatic heterocycles. The highest BCUT2D eigenvalue weighted by molar-refractivity contribution is 8.76. The Balaban J connectivity index is 1.73. The molecule has 0 aromatic rings. The molecule has 12 heteroatoms. The lowest BCUT2D eigenvalue weighted by Crippen LogP contribution is -2.44. The van der Waals surface area contributed by atoms with Crippen LogP contribution in [0, 0.1) is 11.8 Å². The van der Waals surface area contributed by atoms with E-state index in [1.165, 1.54) is 54.9 Å². The van der Waals surface area contributed by atoms with E-state index < -0.39 is 24.0 Å². The molecule has 8 nitrogen and oxygen atoms in total. The smallest absolute Gasteiger partial charge is 0.327 e. The Morgan fingerprint density at radius 1 is 0.857 bits per heavy atom. The first-order valence-corrected chi connectivity index (χ1v) is 13.5. The van der Waals surface area contributed by atoms with Crippen molar-refractivity contribution < 1.29 is 29.4 Å². The molecule has 2 amide bonds. The molecule has 2 rings (SSSR count). The van der Waals surface area contributed by atoms with Crippen molar-refractivity contribution in [2.45, 2.75) is 25.9 Å². The summed E-state index contributed by atoms with van der Waals surface area (Å²) < 4.78 is 0. The van der Waals surface area contributed by atoms with E-state index in [4.69, 9.17) is 0 Å². The molecule has 2 aliphatic rings. The molecular formula is C16H24N2O6S4. The summed E-state index contributed by atoms with van der Waals surface area (Å²) in [6.07, 6.45) is 0. The molecular weight excluding hydrogens is 444 g/mol. The monoisotopic (exact) mass is 468 g/mol. The van der Waals surface area contributed by atoms with E-state index in [9.17, 15) is 29.4 Å². The average Bonchev–Trinajstić information content (AvgIpc) is 3.32. The maximum atomic E-state index is 12.5. The van der Waals surface area contributed by atoms with Crippen molar-refractivity contribution in [2.75, 3.05) is 34.8 Å². The quantitative estimate of drug-likeness (QED) is 0.382. The highest BCUT2D eigenvalue weighted by atomic mass is 33.1. The standard InChI is InChI=1S/C16H24N2O6S4/c1-9(13(19)17-7-25-5-11(17)15(21)22)3-27-28-4-10(2)14(20)18-8-26-6-12(18)16(23)24/h9-12H,3-8H2,1-2H3,(H,21,22)(H,23,24)/t9-,10-,11+,12+/m1/s1. The van der Waals surface area contributed by atoms with Crippen LogP contribution in [-0.2, 0) is 19.2 Å². The van der Waals surface area contributed by atoms with E-state index in [1.807, 2.05) is 0 Å². The summed E-state index contributed by atoms with van der Waals surface area (Å²) in [5, 5.41) is 18.4. The molecule has 2 N–H and O–H groups in total. The van der Waals surface area contributed by atoms with Crippen molar-refractivity contribution in [3.05, 3.63) is 0 Å². The molecule has 2 heterocycles. The summed E-state index contributed by atoms with van der Waals surface area (Å²) in [4.78, 5) is 50.2. The van der Waals surface area contributed by atoms with Gasteiger partial charge in [0.2, 0.25) is 11.8 Å². The SMILES string of the molecule is C[C@H](CSSC[C@@H](C)C(=O)N1CSC[C@H]1C(=O)O)C(=O)N1CSC[C@H]1C(=O)O. The van der Waals surface area contributed by atoms with Gasteiger partial charge in [0.15, 0.2) is 0 Å². The Kier molecular flexibility index (Phi) is 9.16. The van der Waals surface area contributed by atoms with Crippen molar-refractivity contribution in [1.82, 2.24) is 9.80 Å². The van der Waals surface area contributed by atoms with E-state index in [0.29, 0.717) is 34.8 Å². The summed E-state index contributed by atoms with van der Waals surface area (Å²) in [6, 6.07) is -1.51. The van der Waals surface area contributed by atoms with Crippen molar-refractivity contribution in [3.8, 4) is 0 Å². The third kappa shape index (κ3) is 5.90. The zero-order valence-corrected chi connectivity index (χ0v) is 18.9. The Morgan fingerprint density at radius 3 is 1.54 bits per heavy atom. The molecule has 2 saturated heterocycles. The molecule has 2 fully saturated rings. The van der Waals surface area contributed by atoms with Gasteiger partial charge in [-0.05, 0) is 0 Å². The highest BCUT2D eigenvalue weighted by Gasteiger charge is 2.37. The number of thioether (sulfide) groups is 2. The fraction of sp³-hybridized carbons (Fsp3) is 0.750. The van der Waals surface area contributed by atoms with Crippen LogP contribution in [0.5, 0.6) is 0 Å². The lowest BCUT2D eigenvalue weighted by Gasteiger charge is -2.24. The molecule has 28 heavy (non-hydrogen) atoms. The first-order chi connectivity index (χ1) is 13.2. The Bertz CT molecular complexity index is 570. The second kappa shape index (κ2) is 10.9. The zero-order valence-electron chi connectivity index (χ0n) is 15.6. The van der Waals surface area contributed by atoms with Gasteiger partial charge >= 0.3 is 11.9 Å². The van der Waals surface area contributed by atoms with Crippen LogP contribution < -0.4 is 0 Å². The van der Waals surface area contributed by atoms with E-state index in [-0.39, 0.29) is 23.7 Å². The summed E-state index contributed by atoms with van der Waals surface area (Å²) in [5.41, 5.74) is 0. The molecule has 2 aliphatic heterocycles. The maximum absolute atomic E-state index is 12.5. The van der Waals surface area contributed by atoms with Gasteiger partial charge in [-0.25, -0.2) is 9.59 Å². The number of rotatable bonds is 9. The highest BCUT2D eigenvalue weighted by Crippen LogP contribution is 2.30. The van der Waals surface area contributed by atoms with Crippen molar-refractivity contribution in [3.63, 3.8) is 0 Å². The Hall–Kier alpha value is -0.720. The number of hydrogen-bond donors (Lipinski definition) is 2. The van der Waals surface area contributed by atoms with Crippen LogP contribution in [0.2, 0.25) is 0 Å². The second-order valence-corrected chi connectivity index (χ2v) is 11.2. The number of carbonyl (C=O) groups is 4. The van der Waals surface area contributed by atoms with Gasteiger partial charge in [0, 0.05) is 34.8 Å². The minimum Gasteiger partial charge on any atom is -0.480 e. The minimum absolute atomic E-state index is 0.159. The number of carboxylic acids is 2.